The number of carbonyl (C=O) groups is 1. The molecule has 0 unspecified atom stereocenters. The summed E-state index contributed by atoms with van der Waals surface area (Å²) in [6.07, 6.45) is 7.18. The molecule has 1 N–H and O–H groups in total. The Balaban J connectivity index is 1.73. The second-order valence-corrected chi connectivity index (χ2v) is 4.50. The van der Waals surface area contributed by atoms with Gasteiger partial charge in [-0.25, -0.2) is 9.97 Å². The maximum Gasteiger partial charge on any atom is 0.222 e. The molecule has 2 heterocycles. The summed E-state index contributed by atoms with van der Waals surface area (Å²) in [6, 6.07) is 0.0260. The largest absolute Gasteiger partial charge is 0.352 e. The molecule has 1 atom stereocenters. The van der Waals surface area contributed by atoms with Crippen LogP contribution in [0.5, 0.6) is 0 Å². The third-order valence-corrected chi connectivity index (χ3v) is 2.84. The Bertz CT molecular complexity index is 518. The second kappa shape index (κ2) is 6.12. The number of aromatic nitrogens is 5. The van der Waals surface area contributed by atoms with E-state index in [0.29, 0.717) is 19.5 Å². The highest BCUT2D eigenvalue weighted by atomic mass is 16.1. The van der Waals surface area contributed by atoms with Crippen LogP contribution in [0.3, 0.4) is 0 Å². The van der Waals surface area contributed by atoms with Crippen molar-refractivity contribution in [3.63, 3.8) is 0 Å². The minimum absolute atomic E-state index is 0.0260. The van der Waals surface area contributed by atoms with Crippen LogP contribution in [-0.2, 0) is 17.9 Å². The van der Waals surface area contributed by atoms with Crippen molar-refractivity contribution in [2.45, 2.75) is 39.4 Å². The number of nitrogens with zero attached hydrogens (tertiary/aromatic N) is 5. The van der Waals surface area contributed by atoms with E-state index < -0.39 is 0 Å². The molecule has 0 spiro atoms. The summed E-state index contributed by atoms with van der Waals surface area (Å²) in [5.41, 5.74) is 0. The summed E-state index contributed by atoms with van der Waals surface area (Å²) in [5.74, 6) is 0.948. The summed E-state index contributed by atoms with van der Waals surface area (Å²) in [5, 5.41) is 6.94. The van der Waals surface area contributed by atoms with E-state index in [9.17, 15) is 4.79 Å². The number of rotatable bonds is 6. The van der Waals surface area contributed by atoms with Crippen molar-refractivity contribution in [3.8, 4) is 0 Å². The number of hydrogen-bond acceptors (Lipinski definition) is 4. The number of carbonyl (C=O) groups excluding carboxylic acids is 1. The molecule has 102 valence electrons. The molecule has 0 saturated heterocycles. The number of nitrogens with one attached hydrogen (secondary N) is 1. The zero-order chi connectivity index (χ0) is 13.7. The molecule has 2 rings (SSSR count). The number of aryl methyl sites for hydroxylation is 2. The summed E-state index contributed by atoms with van der Waals surface area (Å²) in [4.78, 5) is 19.8. The van der Waals surface area contributed by atoms with Gasteiger partial charge in [0.25, 0.3) is 0 Å². The van der Waals surface area contributed by atoms with Crippen molar-refractivity contribution in [1.82, 2.24) is 29.6 Å². The summed E-state index contributed by atoms with van der Waals surface area (Å²) < 4.78 is 3.66. The van der Waals surface area contributed by atoms with Crippen LogP contribution in [0.25, 0.3) is 0 Å². The third-order valence-electron chi connectivity index (χ3n) is 2.84. The molecule has 0 aromatic carbocycles. The van der Waals surface area contributed by atoms with Crippen molar-refractivity contribution >= 4 is 5.91 Å². The first kappa shape index (κ1) is 13.3. The number of imidazole rings is 1. The van der Waals surface area contributed by atoms with E-state index in [-0.39, 0.29) is 11.9 Å². The van der Waals surface area contributed by atoms with Crippen LogP contribution in [0.4, 0.5) is 0 Å². The Morgan fingerprint density at radius 3 is 3.00 bits per heavy atom. The molecule has 19 heavy (non-hydrogen) atoms. The van der Waals surface area contributed by atoms with Gasteiger partial charge in [0.05, 0.1) is 6.54 Å². The predicted molar refractivity (Wildman–Crippen MR) is 69.2 cm³/mol. The monoisotopic (exact) mass is 262 g/mol. The molecule has 2 aromatic heterocycles. The Kier molecular flexibility index (Phi) is 4.27. The first-order valence-electron chi connectivity index (χ1n) is 6.24. The van der Waals surface area contributed by atoms with Crippen LogP contribution in [-0.4, -0.2) is 36.3 Å². The van der Waals surface area contributed by atoms with Crippen LogP contribution < -0.4 is 5.32 Å². The smallest absolute Gasteiger partial charge is 0.222 e. The first-order valence-corrected chi connectivity index (χ1v) is 6.24. The third kappa shape index (κ3) is 3.90. The molecular formula is C12H18N6O. The zero-order valence-corrected chi connectivity index (χ0v) is 11.2. The summed E-state index contributed by atoms with van der Waals surface area (Å²) in [6.45, 7) is 5.14. The summed E-state index contributed by atoms with van der Waals surface area (Å²) >= 11 is 0. The second-order valence-electron chi connectivity index (χ2n) is 4.50. The van der Waals surface area contributed by atoms with E-state index in [1.165, 1.54) is 6.33 Å². The topological polar surface area (TPSA) is 77.6 Å². The van der Waals surface area contributed by atoms with E-state index in [0.717, 1.165) is 5.82 Å². The predicted octanol–water partition coefficient (Wildman–Crippen LogP) is 0.378. The van der Waals surface area contributed by atoms with Gasteiger partial charge in [-0.2, -0.15) is 5.10 Å². The Hall–Kier alpha value is -2.18. The molecule has 0 bridgehead atoms. The molecule has 0 aliphatic heterocycles. The van der Waals surface area contributed by atoms with Gasteiger partial charge in [-0.15, -0.1) is 0 Å². The lowest BCUT2D eigenvalue weighted by Gasteiger charge is -2.14. The highest BCUT2D eigenvalue weighted by Crippen LogP contribution is 1.98. The molecule has 0 aliphatic rings. The fourth-order valence-corrected chi connectivity index (χ4v) is 1.86. The Morgan fingerprint density at radius 1 is 1.53 bits per heavy atom. The fraction of sp³-hybridized carbons (Fsp3) is 0.500. The van der Waals surface area contributed by atoms with Crippen LogP contribution >= 0.6 is 0 Å². The lowest BCUT2D eigenvalue weighted by Crippen LogP contribution is -2.36. The van der Waals surface area contributed by atoms with Crippen LogP contribution in [0.15, 0.2) is 25.0 Å². The average Bonchev–Trinajstić information content (AvgIpc) is 2.98. The van der Waals surface area contributed by atoms with E-state index >= 15 is 0 Å². The van der Waals surface area contributed by atoms with Crippen molar-refractivity contribution in [2.24, 2.45) is 0 Å². The molecule has 7 nitrogen and oxygen atoms in total. The van der Waals surface area contributed by atoms with Gasteiger partial charge in [-0.05, 0) is 13.8 Å². The Morgan fingerprint density at radius 2 is 2.37 bits per heavy atom. The lowest BCUT2D eigenvalue weighted by molar-refractivity contribution is -0.122. The van der Waals surface area contributed by atoms with Gasteiger partial charge in [-0.3, -0.25) is 9.48 Å². The molecule has 7 heteroatoms. The van der Waals surface area contributed by atoms with E-state index in [1.54, 1.807) is 17.2 Å². The van der Waals surface area contributed by atoms with Crippen LogP contribution in [0.1, 0.15) is 19.2 Å². The van der Waals surface area contributed by atoms with Crippen LogP contribution in [0.2, 0.25) is 0 Å². The average molecular weight is 262 g/mol. The van der Waals surface area contributed by atoms with Crippen molar-refractivity contribution < 1.29 is 4.79 Å². The highest BCUT2D eigenvalue weighted by molar-refractivity contribution is 5.76. The molecule has 2 aromatic rings. The van der Waals surface area contributed by atoms with Gasteiger partial charge in [0.1, 0.15) is 18.5 Å². The molecule has 0 fully saturated rings. The highest BCUT2D eigenvalue weighted by Gasteiger charge is 2.09. The molecule has 0 saturated carbocycles. The lowest BCUT2D eigenvalue weighted by atomic mass is 10.3. The van der Waals surface area contributed by atoms with Crippen molar-refractivity contribution in [1.29, 1.82) is 0 Å². The van der Waals surface area contributed by atoms with Crippen LogP contribution in [0, 0.1) is 6.92 Å². The molecule has 0 aliphatic carbocycles. The van der Waals surface area contributed by atoms with Gasteiger partial charge < -0.3 is 9.88 Å². The summed E-state index contributed by atoms with van der Waals surface area (Å²) in [7, 11) is 0. The van der Waals surface area contributed by atoms with E-state index in [2.05, 4.69) is 20.4 Å². The number of hydrogen-bond donors (Lipinski definition) is 1. The fourth-order valence-electron chi connectivity index (χ4n) is 1.86. The van der Waals surface area contributed by atoms with Crippen molar-refractivity contribution in [3.05, 3.63) is 30.9 Å². The maximum absolute atomic E-state index is 11.8. The normalized spacial score (nSPS) is 12.3. The SMILES string of the molecule is Cc1nccn1CCC(=O)N[C@H](C)Cn1cncn1. The van der Waals surface area contributed by atoms with Gasteiger partial charge in [-0.1, -0.05) is 0 Å². The Labute approximate surface area is 111 Å². The zero-order valence-electron chi connectivity index (χ0n) is 11.2. The molecular weight excluding hydrogens is 244 g/mol. The quantitative estimate of drug-likeness (QED) is 0.816. The minimum atomic E-state index is 0.0260. The van der Waals surface area contributed by atoms with Gasteiger partial charge in [0.2, 0.25) is 5.91 Å². The number of amides is 1. The molecule has 0 radical (unpaired) electrons. The molecule has 1 amide bonds. The van der Waals surface area contributed by atoms with Gasteiger partial charge >= 0.3 is 0 Å². The van der Waals surface area contributed by atoms with E-state index in [1.807, 2.05) is 24.6 Å². The van der Waals surface area contributed by atoms with Crippen molar-refractivity contribution in [2.75, 3.05) is 0 Å². The van der Waals surface area contributed by atoms with Gasteiger partial charge in [0.15, 0.2) is 0 Å². The minimum Gasteiger partial charge on any atom is -0.352 e. The standard InChI is InChI=1S/C12H18N6O/c1-10(7-18-9-13-8-15-18)16-12(19)3-5-17-6-4-14-11(17)2/h4,6,8-10H,3,5,7H2,1-2H3,(H,16,19)/t10-/m1/s1. The first-order chi connectivity index (χ1) is 9.15. The van der Waals surface area contributed by atoms with Gasteiger partial charge in [0, 0.05) is 31.4 Å². The van der Waals surface area contributed by atoms with E-state index in [4.69, 9.17) is 0 Å². The maximum atomic E-state index is 11.8.